The van der Waals surface area contributed by atoms with E-state index in [1.54, 1.807) is 6.20 Å². The number of fused-ring (bicyclic) bond motifs is 1. The number of benzene rings is 1. The quantitative estimate of drug-likeness (QED) is 0.604. The lowest BCUT2D eigenvalue weighted by Crippen LogP contribution is -2.24. The molecular weight excluding hydrogens is 324 g/mol. The Morgan fingerprint density at radius 1 is 1.28 bits per heavy atom. The maximum atomic E-state index is 12.3. The fourth-order valence-electron chi connectivity index (χ4n) is 2.35. The van der Waals surface area contributed by atoms with Gasteiger partial charge in [-0.25, -0.2) is 9.67 Å². The zero-order chi connectivity index (χ0) is 17.6. The Labute approximate surface area is 144 Å². The second kappa shape index (κ2) is 7.86. The van der Waals surface area contributed by atoms with Crippen molar-refractivity contribution in [1.29, 1.82) is 0 Å². The normalized spacial score (nSPS) is 11.3. The number of carbonyl (C=O) groups excluding carboxylic acids is 1. The number of hydrogen-bond acceptors (Lipinski definition) is 6. The first-order chi connectivity index (χ1) is 12.2. The number of nitrogens with zero attached hydrogens (tertiary/aromatic N) is 4. The Morgan fingerprint density at radius 2 is 2.04 bits per heavy atom. The van der Waals surface area contributed by atoms with Crippen molar-refractivity contribution in [3.8, 4) is 0 Å². The molecule has 3 rings (SSSR count). The highest BCUT2D eigenvalue weighted by molar-refractivity contribution is 6.02. The number of aromatic amines is 1. The molecule has 9 nitrogen and oxygen atoms in total. The van der Waals surface area contributed by atoms with Crippen LogP contribution in [0.1, 0.15) is 24.3 Å². The van der Waals surface area contributed by atoms with Gasteiger partial charge in [-0.3, -0.25) is 10.1 Å². The number of anilines is 1. The van der Waals surface area contributed by atoms with Crippen molar-refractivity contribution < 1.29 is 14.3 Å². The Balaban J connectivity index is 1.65. The summed E-state index contributed by atoms with van der Waals surface area (Å²) in [6.45, 7) is 5.18. The van der Waals surface area contributed by atoms with E-state index in [1.807, 2.05) is 38.1 Å². The molecule has 0 fully saturated rings. The van der Waals surface area contributed by atoms with Gasteiger partial charge >= 0.3 is 0 Å². The number of carbonyl (C=O) groups is 1. The topological polar surface area (TPSA) is 107 Å². The van der Waals surface area contributed by atoms with Crippen LogP contribution in [0.5, 0.6) is 0 Å². The number of amides is 1. The second-order valence-corrected chi connectivity index (χ2v) is 5.22. The van der Waals surface area contributed by atoms with E-state index in [9.17, 15) is 4.79 Å². The molecule has 25 heavy (non-hydrogen) atoms. The fraction of sp³-hybridized carbons (Fsp3) is 0.375. The zero-order valence-electron chi connectivity index (χ0n) is 14.1. The molecular formula is C16H20N6O3. The molecule has 0 aliphatic carbocycles. The number of imidazole rings is 1. The van der Waals surface area contributed by atoms with Crippen LogP contribution in [0.2, 0.25) is 0 Å². The van der Waals surface area contributed by atoms with Crippen LogP contribution in [-0.2, 0) is 16.0 Å². The highest BCUT2D eigenvalue weighted by Gasteiger charge is 2.15. The standard InChI is InChI=1S/C16H20N6O3/c1-3-24-14(25-4-2)10-22-9-13(20-21-22)15(23)19-16-17-11-7-5-6-8-12(11)18-16/h5-9,14H,3-4,10H2,1-2H3,(H2,17,18,19,23). The van der Waals surface area contributed by atoms with Gasteiger partial charge in [-0.05, 0) is 26.0 Å². The number of H-pyrrole nitrogens is 1. The van der Waals surface area contributed by atoms with Crippen LogP contribution < -0.4 is 5.32 Å². The Bertz CT molecular complexity index is 804. The van der Waals surface area contributed by atoms with Gasteiger partial charge in [0.1, 0.15) is 0 Å². The smallest absolute Gasteiger partial charge is 0.280 e. The molecule has 0 radical (unpaired) electrons. The molecule has 0 aliphatic heterocycles. The van der Waals surface area contributed by atoms with E-state index in [-0.39, 0.29) is 5.69 Å². The molecule has 1 aromatic carbocycles. The lowest BCUT2D eigenvalue weighted by molar-refractivity contribution is -0.145. The van der Waals surface area contributed by atoms with Gasteiger partial charge in [0.05, 0.1) is 23.8 Å². The van der Waals surface area contributed by atoms with Gasteiger partial charge in [0.15, 0.2) is 12.0 Å². The highest BCUT2D eigenvalue weighted by Crippen LogP contribution is 2.13. The molecule has 1 amide bonds. The summed E-state index contributed by atoms with van der Waals surface area (Å²) in [5.74, 6) is -0.0306. The number of aromatic nitrogens is 5. The van der Waals surface area contributed by atoms with Crippen molar-refractivity contribution in [2.75, 3.05) is 18.5 Å². The molecule has 0 unspecified atom stereocenters. The zero-order valence-corrected chi connectivity index (χ0v) is 14.1. The summed E-state index contributed by atoms with van der Waals surface area (Å²) in [4.78, 5) is 19.6. The maximum absolute atomic E-state index is 12.3. The van der Waals surface area contributed by atoms with Crippen LogP contribution in [0.25, 0.3) is 11.0 Å². The van der Waals surface area contributed by atoms with Gasteiger partial charge in [-0.15, -0.1) is 5.10 Å². The first kappa shape index (κ1) is 17.1. The van der Waals surface area contributed by atoms with Gasteiger partial charge < -0.3 is 14.5 Å². The molecule has 2 aromatic heterocycles. The monoisotopic (exact) mass is 344 g/mol. The van der Waals surface area contributed by atoms with E-state index in [1.165, 1.54) is 4.68 Å². The molecule has 0 atom stereocenters. The minimum atomic E-state index is -0.428. The largest absolute Gasteiger partial charge is 0.351 e. The van der Waals surface area contributed by atoms with Gasteiger partial charge in [0, 0.05) is 13.2 Å². The van der Waals surface area contributed by atoms with E-state index in [4.69, 9.17) is 9.47 Å². The summed E-state index contributed by atoms with van der Waals surface area (Å²) >= 11 is 0. The number of hydrogen-bond donors (Lipinski definition) is 2. The van der Waals surface area contributed by atoms with Gasteiger partial charge in [0.25, 0.3) is 5.91 Å². The van der Waals surface area contributed by atoms with E-state index >= 15 is 0 Å². The maximum Gasteiger partial charge on any atom is 0.280 e. The summed E-state index contributed by atoms with van der Waals surface area (Å²) in [5, 5.41) is 10.5. The molecule has 0 bridgehead atoms. The Hall–Kier alpha value is -2.78. The number of para-hydroxylation sites is 2. The van der Waals surface area contributed by atoms with Crippen molar-refractivity contribution >= 4 is 22.9 Å². The molecule has 0 saturated heterocycles. The lowest BCUT2D eigenvalue weighted by atomic mass is 10.3. The van der Waals surface area contributed by atoms with E-state index in [0.717, 1.165) is 11.0 Å². The lowest BCUT2D eigenvalue weighted by Gasteiger charge is -2.16. The van der Waals surface area contributed by atoms with Crippen molar-refractivity contribution in [3.05, 3.63) is 36.2 Å². The minimum Gasteiger partial charge on any atom is -0.351 e. The summed E-state index contributed by atoms with van der Waals surface area (Å²) in [6.07, 6.45) is 1.12. The van der Waals surface area contributed by atoms with Crippen molar-refractivity contribution in [2.24, 2.45) is 0 Å². The summed E-state index contributed by atoms with van der Waals surface area (Å²) in [6, 6.07) is 7.52. The Morgan fingerprint density at radius 3 is 2.76 bits per heavy atom. The minimum absolute atomic E-state index is 0.187. The molecule has 0 spiro atoms. The third-order valence-corrected chi connectivity index (χ3v) is 3.43. The number of rotatable bonds is 8. The predicted octanol–water partition coefficient (Wildman–Crippen LogP) is 1.81. The average molecular weight is 344 g/mol. The second-order valence-electron chi connectivity index (χ2n) is 5.22. The molecule has 0 saturated carbocycles. The number of nitrogens with one attached hydrogen (secondary N) is 2. The third-order valence-electron chi connectivity index (χ3n) is 3.43. The SMILES string of the molecule is CCOC(Cn1cc(C(=O)Nc2nc3ccccc3[nH]2)nn1)OCC. The van der Waals surface area contributed by atoms with Crippen LogP contribution in [0.3, 0.4) is 0 Å². The first-order valence-electron chi connectivity index (χ1n) is 8.09. The van der Waals surface area contributed by atoms with Crippen LogP contribution in [-0.4, -0.2) is 50.4 Å². The van der Waals surface area contributed by atoms with E-state index < -0.39 is 12.2 Å². The van der Waals surface area contributed by atoms with Gasteiger partial charge in [0.2, 0.25) is 5.95 Å². The predicted molar refractivity (Wildman–Crippen MR) is 91.1 cm³/mol. The first-order valence-corrected chi connectivity index (χ1v) is 8.09. The van der Waals surface area contributed by atoms with Crippen LogP contribution in [0.4, 0.5) is 5.95 Å². The van der Waals surface area contributed by atoms with Crippen molar-refractivity contribution in [2.45, 2.75) is 26.7 Å². The van der Waals surface area contributed by atoms with E-state index in [0.29, 0.717) is 25.7 Å². The van der Waals surface area contributed by atoms with Crippen LogP contribution in [0, 0.1) is 0 Å². The van der Waals surface area contributed by atoms with Crippen molar-refractivity contribution in [3.63, 3.8) is 0 Å². The fourth-order valence-corrected chi connectivity index (χ4v) is 2.35. The molecule has 132 valence electrons. The molecule has 2 heterocycles. The summed E-state index contributed by atoms with van der Waals surface area (Å²) in [7, 11) is 0. The summed E-state index contributed by atoms with van der Waals surface area (Å²) in [5.41, 5.74) is 1.81. The molecule has 2 N–H and O–H groups in total. The van der Waals surface area contributed by atoms with Crippen molar-refractivity contribution in [1.82, 2.24) is 25.0 Å². The summed E-state index contributed by atoms with van der Waals surface area (Å²) < 4.78 is 12.4. The van der Waals surface area contributed by atoms with Gasteiger partial charge in [-0.2, -0.15) is 0 Å². The van der Waals surface area contributed by atoms with Crippen LogP contribution in [0.15, 0.2) is 30.5 Å². The van der Waals surface area contributed by atoms with Gasteiger partial charge in [-0.1, -0.05) is 17.3 Å². The average Bonchev–Trinajstić information content (AvgIpc) is 3.21. The third kappa shape index (κ3) is 4.20. The molecule has 0 aliphatic rings. The Kier molecular flexibility index (Phi) is 5.36. The molecule has 9 heteroatoms. The highest BCUT2D eigenvalue weighted by atomic mass is 16.7. The number of ether oxygens (including phenoxy) is 2. The molecule has 3 aromatic rings. The van der Waals surface area contributed by atoms with E-state index in [2.05, 4.69) is 25.6 Å². The van der Waals surface area contributed by atoms with Crippen LogP contribution >= 0.6 is 0 Å².